The number of methoxy groups -OCH3 is 1. The van der Waals surface area contributed by atoms with E-state index in [0.717, 1.165) is 56.6 Å². The molecule has 1 aromatic rings. The van der Waals surface area contributed by atoms with Crippen molar-refractivity contribution in [1.29, 1.82) is 0 Å². The van der Waals surface area contributed by atoms with Gasteiger partial charge in [0, 0.05) is 29.8 Å². The predicted octanol–water partition coefficient (Wildman–Crippen LogP) is 1.67. The topological polar surface area (TPSA) is 73.2 Å². The lowest BCUT2D eigenvalue weighted by atomic mass is 9.51. The Bertz CT molecular complexity index is 814. The van der Waals surface area contributed by atoms with Crippen LogP contribution in [0.1, 0.15) is 44.6 Å². The third kappa shape index (κ3) is 2.01. The smallest absolute Gasteiger partial charge is 0.224 e. The molecule has 3 heterocycles. The molecule has 2 saturated heterocycles. The summed E-state index contributed by atoms with van der Waals surface area (Å²) in [6.07, 6.45) is 3.92. The van der Waals surface area contributed by atoms with E-state index in [-0.39, 0.29) is 35.4 Å². The van der Waals surface area contributed by atoms with Crippen LogP contribution in [-0.4, -0.2) is 66.0 Å². The number of carbonyl (C=O) groups is 1. The number of hydrogen-bond donors (Lipinski definition) is 2. The fraction of sp³-hybridized carbons (Fsp3) is 0.682. The summed E-state index contributed by atoms with van der Waals surface area (Å²) in [4.78, 5) is 17.3. The lowest BCUT2D eigenvalue weighted by Crippen LogP contribution is -2.68. The van der Waals surface area contributed by atoms with Crippen LogP contribution in [0.3, 0.4) is 0 Å². The van der Waals surface area contributed by atoms with Crippen molar-refractivity contribution in [3.63, 3.8) is 0 Å². The van der Waals surface area contributed by atoms with Gasteiger partial charge in [-0.25, -0.2) is 0 Å². The Balaban J connectivity index is 1.76. The predicted molar refractivity (Wildman–Crippen MR) is 106 cm³/mol. The van der Waals surface area contributed by atoms with Gasteiger partial charge < -0.3 is 19.8 Å². The summed E-state index contributed by atoms with van der Waals surface area (Å²) in [5, 5.41) is 20.9. The number of anilines is 1. The number of fused-ring (bicyclic) bond motifs is 1. The fourth-order valence-electron chi connectivity index (χ4n) is 7.42. The Kier molecular flexibility index (Phi) is 4.06. The van der Waals surface area contributed by atoms with E-state index in [1.165, 1.54) is 5.56 Å². The molecule has 4 aliphatic rings. The maximum atomic E-state index is 12.8. The Hall–Kier alpha value is -1.63. The molecule has 6 heteroatoms. The van der Waals surface area contributed by atoms with Crippen LogP contribution >= 0.6 is 0 Å². The summed E-state index contributed by atoms with van der Waals surface area (Å²) in [7, 11) is 1.66. The molecule has 152 valence electrons. The SMILES string of the molecule is COc1cccc2c1N(C(C)=O)C1CCC3(C(O)CO)CCCN4CCC21C43. The normalized spacial score (nSPS) is 37.2. The average Bonchev–Trinajstić information content (AvgIpc) is 3.25. The lowest BCUT2D eigenvalue weighted by Gasteiger charge is -2.59. The molecule has 1 spiro atoms. The Labute approximate surface area is 166 Å². The van der Waals surface area contributed by atoms with E-state index in [9.17, 15) is 15.0 Å². The van der Waals surface area contributed by atoms with Gasteiger partial charge in [-0.2, -0.15) is 0 Å². The van der Waals surface area contributed by atoms with Crippen molar-refractivity contribution in [3.8, 4) is 5.75 Å². The van der Waals surface area contributed by atoms with Gasteiger partial charge in [0.05, 0.1) is 25.5 Å². The van der Waals surface area contributed by atoms with Gasteiger partial charge in [0.25, 0.3) is 0 Å². The van der Waals surface area contributed by atoms with Crippen molar-refractivity contribution in [2.75, 3.05) is 31.7 Å². The van der Waals surface area contributed by atoms with Crippen LogP contribution in [0.15, 0.2) is 18.2 Å². The first kappa shape index (κ1) is 18.4. The van der Waals surface area contributed by atoms with Gasteiger partial charge in [-0.05, 0) is 56.8 Å². The molecule has 2 N–H and O–H groups in total. The van der Waals surface area contributed by atoms with E-state index >= 15 is 0 Å². The number of aliphatic hydroxyl groups excluding tert-OH is 2. The third-order valence-corrected chi connectivity index (χ3v) is 8.22. The van der Waals surface area contributed by atoms with Crippen LogP contribution < -0.4 is 9.64 Å². The van der Waals surface area contributed by atoms with E-state index in [4.69, 9.17) is 4.74 Å². The van der Waals surface area contributed by atoms with Crippen LogP contribution in [0.2, 0.25) is 0 Å². The number of benzene rings is 1. The lowest BCUT2D eigenvalue weighted by molar-refractivity contribution is -0.127. The van der Waals surface area contributed by atoms with E-state index in [1.807, 2.05) is 17.0 Å². The Morgan fingerprint density at radius 3 is 2.86 bits per heavy atom. The van der Waals surface area contributed by atoms with E-state index in [0.29, 0.717) is 0 Å². The molecular weight excluding hydrogens is 356 g/mol. The molecule has 1 aromatic carbocycles. The van der Waals surface area contributed by atoms with Gasteiger partial charge in [-0.3, -0.25) is 9.69 Å². The largest absolute Gasteiger partial charge is 0.495 e. The van der Waals surface area contributed by atoms with Gasteiger partial charge in [-0.15, -0.1) is 0 Å². The van der Waals surface area contributed by atoms with Crippen LogP contribution in [0.25, 0.3) is 0 Å². The maximum Gasteiger partial charge on any atom is 0.224 e. The zero-order chi connectivity index (χ0) is 19.7. The Morgan fingerprint density at radius 2 is 2.14 bits per heavy atom. The number of rotatable bonds is 3. The number of piperidine rings is 1. The second-order valence-corrected chi connectivity index (χ2v) is 9.06. The van der Waals surface area contributed by atoms with Crippen molar-refractivity contribution in [1.82, 2.24) is 4.90 Å². The molecule has 5 atom stereocenters. The fourth-order valence-corrected chi connectivity index (χ4v) is 7.42. The summed E-state index contributed by atoms with van der Waals surface area (Å²) >= 11 is 0. The summed E-state index contributed by atoms with van der Waals surface area (Å²) in [6.45, 7) is 3.45. The maximum absolute atomic E-state index is 12.8. The number of para-hydroxylation sites is 1. The second kappa shape index (κ2) is 6.18. The first-order valence-corrected chi connectivity index (χ1v) is 10.5. The van der Waals surface area contributed by atoms with E-state index in [2.05, 4.69) is 11.0 Å². The van der Waals surface area contributed by atoms with E-state index in [1.54, 1.807) is 14.0 Å². The minimum Gasteiger partial charge on any atom is -0.495 e. The number of nitrogens with zero attached hydrogens (tertiary/aromatic N) is 2. The molecule has 5 rings (SSSR count). The number of hydrogen-bond acceptors (Lipinski definition) is 5. The molecule has 0 radical (unpaired) electrons. The monoisotopic (exact) mass is 386 g/mol. The highest BCUT2D eigenvalue weighted by atomic mass is 16.5. The molecule has 28 heavy (non-hydrogen) atoms. The number of amides is 1. The summed E-state index contributed by atoms with van der Waals surface area (Å²) in [5.41, 5.74) is 1.59. The van der Waals surface area contributed by atoms with Crippen molar-refractivity contribution < 1.29 is 19.7 Å². The van der Waals surface area contributed by atoms with Gasteiger partial charge in [0.1, 0.15) is 5.75 Å². The molecule has 1 aliphatic carbocycles. The first-order valence-electron chi connectivity index (χ1n) is 10.5. The Morgan fingerprint density at radius 1 is 1.32 bits per heavy atom. The number of carbonyl (C=O) groups excluding carboxylic acids is 1. The van der Waals surface area contributed by atoms with Gasteiger partial charge in [0.2, 0.25) is 5.91 Å². The molecule has 1 amide bonds. The zero-order valence-corrected chi connectivity index (χ0v) is 16.7. The molecule has 3 aliphatic heterocycles. The molecule has 1 saturated carbocycles. The summed E-state index contributed by atoms with van der Waals surface area (Å²) in [6, 6.07) is 6.35. The van der Waals surface area contributed by atoms with Crippen molar-refractivity contribution in [2.45, 2.75) is 62.6 Å². The van der Waals surface area contributed by atoms with Crippen molar-refractivity contribution in [3.05, 3.63) is 23.8 Å². The number of aliphatic hydroxyl groups is 2. The highest BCUT2D eigenvalue weighted by Gasteiger charge is 2.70. The standard InChI is InChI=1S/C22H30N2O4/c1-14(26)24-17-7-9-21(18(27)13-25)8-4-11-23-12-10-22(17,20(21)23)15-5-3-6-16(28-2)19(15)24/h3,5-6,17-18,20,25,27H,4,7-13H2,1-2H3. The molecule has 3 fully saturated rings. The average molecular weight is 386 g/mol. The first-order chi connectivity index (χ1) is 13.5. The highest BCUT2D eigenvalue weighted by molar-refractivity contribution is 5.98. The molecule has 0 bridgehead atoms. The van der Waals surface area contributed by atoms with Gasteiger partial charge >= 0.3 is 0 Å². The quantitative estimate of drug-likeness (QED) is 0.827. The molecular formula is C22H30N2O4. The van der Waals surface area contributed by atoms with Crippen LogP contribution in [0.5, 0.6) is 5.75 Å². The van der Waals surface area contributed by atoms with Crippen molar-refractivity contribution >= 4 is 11.6 Å². The summed E-state index contributed by atoms with van der Waals surface area (Å²) in [5.74, 6) is 0.802. The van der Waals surface area contributed by atoms with Gasteiger partial charge in [0.15, 0.2) is 0 Å². The van der Waals surface area contributed by atoms with E-state index < -0.39 is 6.10 Å². The van der Waals surface area contributed by atoms with Gasteiger partial charge in [-0.1, -0.05) is 12.1 Å². The highest BCUT2D eigenvalue weighted by Crippen LogP contribution is 2.66. The van der Waals surface area contributed by atoms with Crippen molar-refractivity contribution in [2.24, 2.45) is 5.41 Å². The zero-order valence-electron chi connectivity index (χ0n) is 16.7. The molecule has 0 aromatic heterocycles. The second-order valence-electron chi connectivity index (χ2n) is 9.06. The molecule has 6 nitrogen and oxygen atoms in total. The van der Waals surface area contributed by atoms with Crippen LogP contribution in [-0.2, 0) is 10.2 Å². The number of ether oxygens (including phenoxy) is 1. The summed E-state index contributed by atoms with van der Waals surface area (Å²) < 4.78 is 5.68. The van der Waals surface area contributed by atoms with Crippen LogP contribution in [0.4, 0.5) is 5.69 Å². The minimum atomic E-state index is -0.725. The molecule has 5 unspecified atom stereocenters. The third-order valence-electron chi connectivity index (χ3n) is 8.22. The van der Waals surface area contributed by atoms with Crippen LogP contribution in [0, 0.1) is 5.41 Å². The minimum absolute atomic E-state index is 0.0529.